The van der Waals surface area contributed by atoms with Crippen LogP contribution in [0.4, 0.5) is 0 Å². The van der Waals surface area contributed by atoms with Gasteiger partial charge in [0.2, 0.25) is 0 Å². The highest BCUT2D eigenvalue weighted by atomic mass is 14.6. The van der Waals surface area contributed by atoms with Gasteiger partial charge in [0.1, 0.15) is 0 Å². The van der Waals surface area contributed by atoms with Gasteiger partial charge >= 0.3 is 0 Å². The van der Waals surface area contributed by atoms with E-state index in [1.54, 1.807) is 89.0 Å². The van der Waals surface area contributed by atoms with Crippen molar-refractivity contribution in [2.75, 3.05) is 0 Å². The molecule has 0 atom stereocenters. The maximum Gasteiger partial charge on any atom is 0.0475 e. The third-order valence-electron chi connectivity index (χ3n) is 23.3. The van der Waals surface area contributed by atoms with Gasteiger partial charge in [0.15, 0.2) is 0 Å². The Kier molecular flexibility index (Phi) is 8.87. The molecule has 0 unspecified atom stereocenters. The molecule has 8 aliphatic carbocycles. The summed E-state index contributed by atoms with van der Waals surface area (Å²) in [7, 11) is 0. The van der Waals surface area contributed by atoms with Crippen molar-refractivity contribution in [3.05, 3.63) is 150 Å². The third-order valence-corrected chi connectivity index (χ3v) is 23.3. The summed E-state index contributed by atoms with van der Waals surface area (Å²) in [4.78, 5) is 0. The summed E-state index contributed by atoms with van der Waals surface area (Å²) in [5, 5.41) is 0. The highest BCUT2D eigenvalue weighted by molar-refractivity contribution is 5.91. The zero-order valence-electron chi connectivity index (χ0n) is 48.8. The van der Waals surface area contributed by atoms with Crippen LogP contribution < -0.4 is 0 Å². The lowest BCUT2D eigenvalue weighted by molar-refractivity contribution is 0.330. The van der Waals surface area contributed by atoms with Crippen molar-refractivity contribution in [2.45, 2.75) is 268 Å². The Hall–Kier alpha value is -3.90. The van der Waals surface area contributed by atoms with E-state index in [-0.39, 0.29) is 65.0 Å². The summed E-state index contributed by atoms with van der Waals surface area (Å²) in [6.07, 6.45) is 12.0. The first-order chi connectivity index (χ1) is 33.0. The van der Waals surface area contributed by atoms with Crippen molar-refractivity contribution < 1.29 is 0 Å². The molecular weight excluding hydrogens is 865 g/mol. The molecule has 0 amide bonds. The van der Waals surface area contributed by atoms with Crippen LogP contribution in [0.2, 0.25) is 0 Å². The molecule has 0 N–H and O–H groups in total. The third kappa shape index (κ3) is 5.78. The molecule has 0 heteroatoms. The van der Waals surface area contributed by atoms with Gasteiger partial charge in [-0.2, -0.15) is 0 Å². The van der Waals surface area contributed by atoms with E-state index in [1.165, 1.54) is 73.6 Å². The minimum atomic E-state index is -0.264. The molecule has 0 radical (unpaired) electrons. The summed E-state index contributed by atoms with van der Waals surface area (Å²) < 4.78 is 0. The van der Waals surface area contributed by atoms with Crippen LogP contribution in [0, 0.1) is 0 Å². The number of fused-ring (bicyclic) bond motifs is 18. The lowest BCUT2D eigenvalue weighted by Gasteiger charge is -2.43. The SMILES string of the molecule is CC1(C)CCC(C)(C)c2cc3c(cc21)-c1cc2c(cc1C31CC(C)(C)c3cc4c(cc31)C1(CC4(C)C)c3cc4c(cc3-c3cc5c(cc31)C(C)(C)CCC5(C)C)C(C)(C)CCC4(C)C)C(C)(C)CCC2(C)C. The van der Waals surface area contributed by atoms with Crippen molar-refractivity contribution in [1.29, 1.82) is 0 Å². The molecule has 72 heavy (non-hydrogen) atoms. The summed E-state index contributed by atoms with van der Waals surface area (Å²) in [6.45, 7) is 51.1. The number of rotatable bonds is 0. The number of hydrogen-bond acceptors (Lipinski definition) is 0. The monoisotopic (exact) mass is 955 g/mol. The Balaban J connectivity index is 1.17. The molecule has 5 aromatic rings. The molecular formula is C72H90. The second-order valence-corrected chi connectivity index (χ2v) is 32.7. The highest BCUT2D eigenvalue weighted by Gasteiger charge is 2.61. The number of hydrogen-bond donors (Lipinski definition) is 0. The zero-order chi connectivity index (χ0) is 51.7. The summed E-state index contributed by atoms with van der Waals surface area (Å²) >= 11 is 0. The molecule has 0 fully saturated rings. The normalized spacial score (nSPS) is 26.3. The fourth-order valence-electron chi connectivity index (χ4n) is 18.1. The Morgan fingerprint density at radius 3 is 0.542 bits per heavy atom. The van der Waals surface area contributed by atoms with Crippen molar-refractivity contribution in [2.24, 2.45) is 0 Å². The van der Waals surface area contributed by atoms with Gasteiger partial charge in [-0.3, -0.25) is 0 Å². The number of benzene rings is 5. The average molecular weight is 956 g/mol. The van der Waals surface area contributed by atoms with E-state index in [9.17, 15) is 0 Å². The van der Waals surface area contributed by atoms with Gasteiger partial charge in [0, 0.05) is 10.8 Å². The molecule has 0 aromatic heterocycles. The maximum absolute atomic E-state index is 2.93. The predicted molar refractivity (Wildman–Crippen MR) is 306 cm³/mol. The van der Waals surface area contributed by atoms with Crippen molar-refractivity contribution in [3.63, 3.8) is 0 Å². The van der Waals surface area contributed by atoms with Gasteiger partial charge < -0.3 is 0 Å². The Morgan fingerprint density at radius 1 is 0.181 bits per heavy atom. The van der Waals surface area contributed by atoms with Crippen LogP contribution in [0.3, 0.4) is 0 Å². The molecule has 8 aliphatic rings. The van der Waals surface area contributed by atoms with E-state index >= 15 is 0 Å². The molecule has 378 valence electrons. The van der Waals surface area contributed by atoms with Crippen molar-refractivity contribution >= 4 is 0 Å². The summed E-state index contributed by atoms with van der Waals surface area (Å²) in [5.74, 6) is 0. The molecule has 0 aliphatic heterocycles. The minimum Gasteiger partial charge on any atom is -0.0558 e. The minimum absolute atomic E-state index is 0.0285. The Morgan fingerprint density at radius 2 is 0.333 bits per heavy atom. The molecule has 13 rings (SSSR count). The van der Waals surface area contributed by atoms with Gasteiger partial charge in [0.05, 0.1) is 0 Å². The van der Waals surface area contributed by atoms with E-state index in [0.29, 0.717) is 0 Å². The topological polar surface area (TPSA) is 0 Å². The first kappa shape index (κ1) is 47.8. The fourth-order valence-corrected chi connectivity index (χ4v) is 18.1. The molecule has 5 aromatic carbocycles. The quantitative estimate of drug-likeness (QED) is 0.145. The van der Waals surface area contributed by atoms with Crippen LogP contribution in [0.1, 0.15) is 292 Å². The molecule has 0 bridgehead atoms. The van der Waals surface area contributed by atoms with Crippen LogP contribution in [0.25, 0.3) is 22.3 Å². The highest BCUT2D eigenvalue weighted by Crippen LogP contribution is 2.71. The van der Waals surface area contributed by atoms with Gasteiger partial charge in [0.25, 0.3) is 0 Å². The van der Waals surface area contributed by atoms with Crippen LogP contribution in [0.5, 0.6) is 0 Å². The van der Waals surface area contributed by atoms with Crippen molar-refractivity contribution in [1.82, 2.24) is 0 Å². The van der Waals surface area contributed by atoms with E-state index in [2.05, 4.69) is 199 Å². The summed E-state index contributed by atoms with van der Waals surface area (Å²) in [6, 6.07) is 28.1. The lowest BCUT2D eigenvalue weighted by Crippen LogP contribution is -2.36. The van der Waals surface area contributed by atoms with Crippen LogP contribution >= 0.6 is 0 Å². The van der Waals surface area contributed by atoms with Crippen molar-refractivity contribution in [3.8, 4) is 22.3 Å². The van der Waals surface area contributed by atoms with Gasteiger partial charge in [-0.05, 0) is 254 Å². The standard InChI is InChI=1S/C72H90/c1-61(2)21-25-65(9,10)53-33-45-41(29-49(53)61)42-30-50-54(66(11,12)26-22-62(50,3)4)34-46(42)71(45)39-69(17,18)57-37-58-60(38-59(57)71)72(40-70(58,19)20)47-35-55-51(63(5,6)23-27-67(55,13)14)31-43(47)44-32-52-56(36-48(44)72)68(15,16)28-24-64(52,7)8/h29-38H,21-28,39-40H2,1-20H3. The molecule has 0 heterocycles. The smallest absolute Gasteiger partial charge is 0.0475 e. The maximum atomic E-state index is 2.93. The molecule has 0 nitrogen and oxygen atoms in total. The van der Waals surface area contributed by atoms with Gasteiger partial charge in [-0.1, -0.05) is 175 Å². The summed E-state index contributed by atoms with van der Waals surface area (Å²) in [5.41, 5.74) is 32.1. The second-order valence-electron chi connectivity index (χ2n) is 32.7. The van der Waals surface area contributed by atoms with Gasteiger partial charge in [-0.15, -0.1) is 0 Å². The first-order valence-corrected chi connectivity index (χ1v) is 29.0. The van der Waals surface area contributed by atoms with E-state index in [1.807, 2.05) is 0 Å². The Labute approximate surface area is 437 Å². The first-order valence-electron chi connectivity index (χ1n) is 29.0. The average Bonchev–Trinajstić information content (AvgIpc) is 3.89. The Bertz CT molecular complexity index is 2910. The van der Waals surface area contributed by atoms with Gasteiger partial charge in [-0.25, -0.2) is 0 Å². The van der Waals surface area contributed by atoms with E-state index < -0.39 is 0 Å². The van der Waals surface area contributed by atoms with Crippen LogP contribution in [0.15, 0.2) is 60.7 Å². The molecule has 0 saturated carbocycles. The molecule has 2 spiro atoms. The van der Waals surface area contributed by atoms with E-state index in [0.717, 1.165) is 12.8 Å². The molecule has 0 saturated heterocycles. The fraction of sp³-hybridized carbons (Fsp3) is 0.583. The lowest BCUT2D eigenvalue weighted by atomic mass is 9.60. The zero-order valence-corrected chi connectivity index (χ0v) is 48.8. The van der Waals surface area contributed by atoms with Crippen LogP contribution in [-0.2, 0) is 65.0 Å². The van der Waals surface area contributed by atoms with Crippen LogP contribution in [-0.4, -0.2) is 0 Å². The largest absolute Gasteiger partial charge is 0.0558 e. The predicted octanol–water partition coefficient (Wildman–Crippen LogP) is 19.1. The second kappa shape index (κ2) is 13.4. The van der Waals surface area contributed by atoms with E-state index in [4.69, 9.17) is 0 Å².